The van der Waals surface area contributed by atoms with Crippen LogP contribution in [0.5, 0.6) is 0 Å². The summed E-state index contributed by atoms with van der Waals surface area (Å²) in [4.78, 5) is 31.9. The molecule has 0 aliphatic rings. The maximum absolute atomic E-state index is 12.9. The summed E-state index contributed by atoms with van der Waals surface area (Å²) in [5.41, 5.74) is 3.19. The van der Waals surface area contributed by atoms with Crippen molar-refractivity contribution in [2.45, 2.75) is 46.2 Å². The van der Waals surface area contributed by atoms with Gasteiger partial charge in [0.2, 0.25) is 11.8 Å². The van der Waals surface area contributed by atoms with Crippen molar-refractivity contribution in [3.8, 4) is 0 Å². The van der Waals surface area contributed by atoms with Gasteiger partial charge in [0.25, 0.3) is 11.6 Å². The predicted molar refractivity (Wildman–Crippen MR) is 111 cm³/mol. The second-order valence-electron chi connectivity index (χ2n) is 7.24. The van der Waals surface area contributed by atoms with E-state index in [1.165, 1.54) is 0 Å². The van der Waals surface area contributed by atoms with Gasteiger partial charge in [-0.15, -0.1) is 5.10 Å². The van der Waals surface area contributed by atoms with Gasteiger partial charge >= 0.3 is 6.18 Å². The van der Waals surface area contributed by atoms with Crippen molar-refractivity contribution in [3.63, 3.8) is 0 Å². The predicted octanol–water partition coefficient (Wildman–Crippen LogP) is 3.01. The first-order chi connectivity index (χ1) is 15.1. The van der Waals surface area contributed by atoms with Gasteiger partial charge in [-0.2, -0.15) is 18.2 Å². The highest BCUT2D eigenvalue weighted by Crippen LogP contribution is 2.27. The SMILES string of the molecule is CCc1ccccc1NC(=O)CNC(=O)CCc1c(C)nc2nc(C(F)(F)F)nn2c1C. The topological polar surface area (TPSA) is 101 Å². The van der Waals surface area contributed by atoms with E-state index in [-0.39, 0.29) is 37.0 Å². The van der Waals surface area contributed by atoms with Gasteiger partial charge in [0, 0.05) is 23.5 Å². The van der Waals surface area contributed by atoms with Crippen LogP contribution in [0, 0.1) is 13.8 Å². The molecule has 1 aromatic carbocycles. The van der Waals surface area contributed by atoms with E-state index in [0.29, 0.717) is 22.6 Å². The lowest BCUT2D eigenvalue weighted by Gasteiger charge is -2.11. The first-order valence-corrected chi connectivity index (χ1v) is 10.0. The first kappa shape index (κ1) is 23.2. The standard InChI is InChI=1S/C21H23F3N6O2/c1-4-14-7-5-6-8-16(14)27-18(32)11-25-17(31)10-9-15-12(2)26-20-28-19(21(22,23)24)29-30(20)13(15)3/h5-8H,4,9-11H2,1-3H3,(H,25,31)(H,27,32). The molecule has 0 saturated carbocycles. The number of halogens is 3. The van der Waals surface area contributed by atoms with Crippen molar-refractivity contribution in [2.24, 2.45) is 0 Å². The summed E-state index contributed by atoms with van der Waals surface area (Å²) in [6, 6.07) is 7.41. The third-order valence-corrected chi connectivity index (χ3v) is 5.02. The number of para-hydroxylation sites is 1. The quantitative estimate of drug-likeness (QED) is 0.579. The minimum Gasteiger partial charge on any atom is -0.347 e. The Balaban J connectivity index is 1.60. The van der Waals surface area contributed by atoms with Crippen LogP contribution in [0.2, 0.25) is 0 Å². The third kappa shape index (κ3) is 5.21. The number of amides is 2. The average Bonchev–Trinajstić information content (AvgIpc) is 3.17. The van der Waals surface area contributed by atoms with Gasteiger partial charge in [0.1, 0.15) is 0 Å². The largest absolute Gasteiger partial charge is 0.453 e. The summed E-state index contributed by atoms with van der Waals surface area (Å²) >= 11 is 0. The van der Waals surface area contributed by atoms with Crippen LogP contribution < -0.4 is 10.6 Å². The molecule has 170 valence electrons. The molecule has 0 atom stereocenters. The molecule has 2 amide bonds. The van der Waals surface area contributed by atoms with Crippen molar-refractivity contribution in [2.75, 3.05) is 11.9 Å². The molecule has 0 unspecified atom stereocenters. The minimum absolute atomic E-state index is 0.0362. The molecule has 8 nitrogen and oxygen atoms in total. The summed E-state index contributed by atoms with van der Waals surface area (Å²) in [6.07, 6.45) is -3.65. The lowest BCUT2D eigenvalue weighted by Crippen LogP contribution is -2.33. The number of alkyl halides is 3. The second-order valence-corrected chi connectivity index (χ2v) is 7.24. The van der Waals surface area contributed by atoms with E-state index in [1.54, 1.807) is 19.9 Å². The summed E-state index contributed by atoms with van der Waals surface area (Å²) in [5.74, 6) is -2.13. The van der Waals surface area contributed by atoms with Gasteiger partial charge in [-0.05, 0) is 43.9 Å². The highest BCUT2D eigenvalue weighted by Gasteiger charge is 2.37. The van der Waals surface area contributed by atoms with Crippen molar-refractivity contribution in [1.82, 2.24) is 24.9 Å². The highest BCUT2D eigenvalue weighted by molar-refractivity contribution is 5.95. The average molecular weight is 448 g/mol. The molecule has 32 heavy (non-hydrogen) atoms. The van der Waals surface area contributed by atoms with Crippen molar-refractivity contribution in [1.29, 1.82) is 0 Å². The van der Waals surface area contributed by atoms with Crippen LogP contribution in [-0.2, 0) is 28.6 Å². The van der Waals surface area contributed by atoms with Gasteiger partial charge in [0.15, 0.2) is 0 Å². The Hall–Kier alpha value is -3.50. The molecular weight excluding hydrogens is 425 g/mol. The molecule has 2 aromatic heterocycles. The maximum atomic E-state index is 12.9. The number of benzene rings is 1. The Morgan fingerprint density at radius 3 is 2.50 bits per heavy atom. The zero-order chi connectivity index (χ0) is 23.5. The smallest absolute Gasteiger partial charge is 0.347 e. The monoisotopic (exact) mass is 448 g/mol. The van der Waals surface area contributed by atoms with Crippen molar-refractivity contribution >= 4 is 23.3 Å². The molecule has 0 fully saturated rings. The highest BCUT2D eigenvalue weighted by atomic mass is 19.4. The molecular formula is C21H23F3N6O2. The van der Waals surface area contributed by atoms with Crippen LogP contribution in [0.15, 0.2) is 24.3 Å². The van der Waals surface area contributed by atoms with Crippen LogP contribution in [-0.4, -0.2) is 37.9 Å². The fourth-order valence-electron chi connectivity index (χ4n) is 3.34. The Morgan fingerprint density at radius 2 is 1.81 bits per heavy atom. The Labute approximate surface area is 182 Å². The Bertz CT molecular complexity index is 1160. The number of nitrogens with zero attached hydrogens (tertiary/aromatic N) is 4. The van der Waals surface area contributed by atoms with Crippen LogP contribution in [0.1, 0.15) is 41.7 Å². The molecule has 0 bridgehead atoms. The zero-order valence-electron chi connectivity index (χ0n) is 17.9. The fraction of sp³-hybridized carbons (Fsp3) is 0.381. The number of rotatable bonds is 7. The number of aryl methyl sites for hydroxylation is 3. The Kier molecular flexibility index (Phi) is 6.75. The molecule has 2 heterocycles. The lowest BCUT2D eigenvalue weighted by molar-refractivity contribution is -0.144. The molecule has 11 heteroatoms. The molecule has 0 aliphatic heterocycles. The molecule has 3 aromatic rings. The summed E-state index contributed by atoms with van der Waals surface area (Å²) < 4.78 is 39.7. The normalized spacial score (nSPS) is 11.6. The number of hydrogen-bond donors (Lipinski definition) is 2. The van der Waals surface area contributed by atoms with Crippen LogP contribution in [0.4, 0.5) is 18.9 Å². The zero-order valence-corrected chi connectivity index (χ0v) is 17.9. The number of anilines is 1. The second kappa shape index (κ2) is 9.33. The number of carbonyl (C=O) groups excluding carboxylic acids is 2. The third-order valence-electron chi connectivity index (χ3n) is 5.02. The maximum Gasteiger partial charge on any atom is 0.453 e. The molecule has 0 radical (unpaired) electrons. The van der Waals surface area contributed by atoms with Crippen LogP contribution in [0.3, 0.4) is 0 Å². The Morgan fingerprint density at radius 1 is 1.09 bits per heavy atom. The molecule has 2 N–H and O–H groups in total. The van der Waals surface area contributed by atoms with Gasteiger partial charge in [-0.3, -0.25) is 9.59 Å². The van der Waals surface area contributed by atoms with Crippen molar-refractivity contribution < 1.29 is 22.8 Å². The number of hydrogen-bond acceptors (Lipinski definition) is 5. The van der Waals surface area contributed by atoms with E-state index >= 15 is 0 Å². The van der Waals surface area contributed by atoms with Crippen molar-refractivity contribution in [3.05, 3.63) is 52.6 Å². The van der Waals surface area contributed by atoms with E-state index < -0.39 is 12.0 Å². The van der Waals surface area contributed by atoms with E-state index in [2.05, 4.69) is 25.7 Å². The van der Waals surface area contributed by atoms with E-state index in [4.69, 9.17) is 0 Å². The van der Waals surface area contributed by atoms with Gasteiger partial charge in [0.05, 0.1) is 6.54 Å². The minimum atomic E-state index is -4.67. The number of nitrogens with one attached hydrogen (secondary N) is 2. The number of aromatic nitrogens is 4. The van der Waals surface area contributed by atoms with E-state index in [9.17, 15) is 22.8 Å². The van der Waals surface area contributed by atoms with Crippen LogP contribution in [0.25, 0.3) is 5.78 Å². The van der Waals surface area contributed by atoms with Gasteiger partial charge < -0.3 is 10.6 Å². The summed E-state index contributed by atoms with van der Waals surface area (Å²) in [7, 11) is 0. The fourth-order valence-corrected chi connectivity index (χ4v) is 3.34. The molecule has 0 aliphatic carbocycles. The van der Waals surface area contributed by atoms with E-state index in [1.807, 2.05) is 25.1 Å². The lowest BCUT2D eigenvalue weighted by atomic mass is 10.1. The summed E-state index contributed by atoms with van der Waals surface area (Å²) in [6.45, 7) is 5.03. The van der Waals surface area contributed by atoms with Crippen LogP contribution >= 0.6 is 0 Å². The molecule has 0 spiro atoms. The number of carbonyl (C=O) groups is 2. The van der Waals surface area contributed by atoms with E-state index in [0.717, 1.165) is 16.5 Å². The molecule has 3 rings (SSSR count). The van der Waals surface area contributed by atoms with Gasteiger partial charge in [-0.25, -0.2) is 9.50 Å². The molecule has 0 saturated heterocycles. The van der Waals surface area contributed by atoms with Gasteiger partial charge in [-0.1, -0.05) is 25.1 Å². The number of fused-ring (bicyclic) bond motifs is 1. The first-order valence-electron chi connectivity index (χ1n) is 10.0. The summed E-state index contributed by atoms with van der Waals surface area (Å²) in [5, 5.41) is 8.82.